The molecule has 0 spiro atoms. The van der Waals surface area contributed by atoms with Crippen LogP contribution in [0.5, 0.6) is 5.75 Å². The summed E-state index contributed by atoms with van der Waals surface area (Å²) in [5.74, 6) is -0.299. The highest BCUT2D eigenvalue weighted by atomic mass is 35.5. The van der Waals surface area contributed by atoms with Crippen LogP contribution in [0.1, 0.15) is 16.7 Å². The van der Waals surface area contributed by atoms with Crippen LogP contribution in [-0.4, -0.2) is 11.9 Å². The summed E-state index contributed by atoms with van der Waals surface area (Å²) < 4.78 is 24.4. The summed E-state index contributed by atoms with van der Waals surface area (Å²) in [6.07, 6.45) is 1.60. The van der Waals surface area contributed by atoms with Crippen LogP contribution in [-0.2, 0) is 16.1 Å². The van der Waals surface area contributed by atoms with Gasteiger partial charge in [0.25, 0.3) is 0 Å². The van der Waals surface area contributed by atoms with Crippen molar-refractivity contribution in [2.75, 3.05) is 0 Å². The van der Waals surface area contributed by atoms with Crippen LogP contribution in [0.25, 0.3) is 6.08 Å². The zero-order valence-corrected chi connectivity index (χ0v) is 15.9. The largest absolute Gasteiger partial charge is 0.489 e. The Hall–Kier alpha value is -3.44. The van der Waals surface area contributed by atoms with E-state index in [4.69, 9.17) is 21.1 Å². The average molecular weight is 408 g/mol. The first-order valence-corrected chi connectivity index (χ1v) is 9.20. The third-order valence-corrected chi connectivity index (χ3v) is 4.38. The van der Waals surface area contributed by atoms with E-state index in [0.29, 0.717) is 22.9 Å². The summed E-state index contributed by atoms with van der Waals surface area (Å²) in [7, 11) is 0. The van der Waals surface area contributed by atoms with Gasteiger partial charge in [-0.2, -0.15) is 0 Å². The van der Waals surface area contributed by atoms with Gasteiger partial charge in [0.2, 0.25) is 5.90 Å². The first-order valence-electron chi connectivity index (χ1n) is 8.83. The minimum absolute atomic E-state index is 0.0779. The molecular weight excluding hydrogens is 393 g/mol. The van der Waals surface area contributed by atoms with Crippen molar-refractivity contribution < 1.29 is 18.7 Å². The maximum absolute atomic E-state index is 13.4. The molecule has 29 heavy (non-hydrogen) atoms. The van der Waals surface area contributed by atoms with E-state index in [1.165, 1.54) is 18.2 Å². The highest BCUT2D eigenvalue weighted by Crippen LogP contribution is 2.22. The Labute approximate surface area is 171 Å². The number of cyclic esters (lactones) is 1. The van der Waals surface area contributed by atoms with Gasteiger partial charge in [-0.15, -0.1) is 0 Å². The first-order chi connectivity index (χ1) is 14.1. The summed E-state index contributed by atoms with van der Waals surface area (Å²) in [5.41, 5.74) is 2.21. The lowest BCUT2D eigenvalue weighted by atomic mass is 10.2. The van der Waals surface area contributed by atoms with Gasteiger partial charge in [0.15, 0.2) is 5.70 Å². The van der Waals surface area contributed by atoms with Crippen LogP contribution in [0.3, 0.4) is 0 Å². The molecule has 144 valence electrons. The summed E-state index contributed by atoms with van der Waals surface area (Å²) in [6, 6.07) is 20.4. The van der Waals surface area contributed by atoms with Crippen molar-refractivity contribution in [1.29, 1.82) is 0 Å². The minimum Gasteiger partial charge on any atom is -0.489 e. The van der Waals surface area contributed by atoms with Crippen LogP contribution in [0.4, 0.5) is 4.39 Å². The second kappa shape index (κ2) is 8.29. The maximum atomic E-state index is 13.4. The standard InChI is InChI=1S/C23H15ClFNO3/c24-18-7-1-5-16(10-18)14-28-20-9-2-4-15(11-20)12-21-23(27)29-22(26-21)17-6-3-8-19(25)13-17/h1-13H,14H2/b21-12-. The van der Waals surface area contributed by atoms with E-state index in [1.54, 1.807) is 24.3 Å². The van der Waals surface area contributed by atoms with Crippen molar-refractivity contribution >= 4 is 29.5 Å². The third-order valence-electron chi connectivity index (χ3n) is 4.15. The predicted octanol–water partition coefficient (Wildman–Crippen LogP) is 5.40. The molecular formula is C23H15ClFNO3. The Morgan fingerprint density at radius 2 is 1.86 bits per heavy atom. The number of hydrogen-bond donors (Lipinski definition) is 0. The molecule has 0 amide bonds. The second-order valence-corrected chi connectivity index (χ2v) is 6.77. The Kier molecular flexibility index (Phi) is 5.40. The summed E-state index contributed by atoms with van der Waals surface area (Å²) in [4.78, 5) is 16.3. The molecule has 0 unspecified atom stereocenters. The van der Waals surface area contributed by atoms with Crippen molar-refractivity contribution in [3.05, 3.63) is 106 Å². The molecule has 0 saturated heterocycles. The molecule has 1 heterocycles. The van der Waals surface area contributed by atoms with Gasteiger partial charge in [0.05, 0.1) is 0 Å². The van der Waals surface area contributed by atoms with E-state index in [1.807, 2.05) is 36.4 Å². The smallest absolute Gasteiger partial charge is 0.363 e. The molecule has 1 aliphatic heterocycles. The molecule has 6 heteroatoms. The molecule has 0 fully saturated rings. The summed E-state index contributed by atoms with van der Waals surface area (Å²) in [5, 5.41) is 0.649. The summed E-state index contributed by atoms with van der Waals surface area (Å²) >= 11 is 5.99. The second-order valence-electron chi connectivity index (χ2n) is 6.34. The molecule has 0 bridgehead atoms. The Morgan fingerprint density at radius 1 is 1.03 bits per heavy atom. The molecule has 3 aromatic rings. The average Bonchev–Trinajstić information content (AvgIpc) is 3.07. The fourth-order valence-corrected chi connectivity index (χ4v) is 3.01. The fourth-order valence-electron chi connectivity index (χ4n) is 2.80. The number of esters is 1. The highest BCUT2D eigenvalue weighted by Gasteiger charge is 2.24. The Morgan fingerprint density at radius 3 is 2.69 bits per heavy atom. The molecule has 0 aliphatic carbocycles. The quantitative estimate of drug-likeness (QED) is 0.420. The van der Waals surface area contributed by atoms with Crippen LogP contribution in [0.15, 0.2) is 83.5 Å². The molecule has 3 aromatic carbocycles. The number of nitrogens with zero attached hydrogens (tertiary/aromatic N) is 1. The molecule has 0 saturated carbocycles. The lowest BCUT2D eigenvalue weighted by molar-refractivity contribution is -0.129. The molecule has 0 N–H and O–H groups in total. The van der Waals surface area contributed by atoms with Gasteiger partial charge in [-0.05, 0) is 59.7 Å². The van der Waals surface area contributed by atoms with Crippen molar-refractivity contribution in [3.63, 3.8) is 0 Å². The third kappa shape index (κ3) is 4.70. The van der Waals surface area contributed by atoms with Gasteiger partial charge in [-0.1, -0.05) is 41.9 Å². The lowest BCUT2D eigenvalue weighted by Gasteiger charge is -2.07. The molecule has 1 aliphatic rings. The van der Waals surface area contributed by atoms with E-state index in [2.05, 4.69) is 4.99 Å². The Balaban J connectivity index is 1.52. The molecule has 0 atom stereocenters. The number of halogens is 2. The van der Waals surface area contributed by atoms with Crippen molar-refractivity contribution in [1.82, 2.24) is 0 Å². The number of benzene rings is 3. The summed E-state index contributed by atoms with van der Waals surface area (Å²) in [6.45, 7) is 0.366. The number of carbonyl (C=O) groups is 1. The molecule has 4 nitrogen and oxygen atoms in total. The Bertz CT molecular complexity index is 1140. The topological polar surface area (TPSA) is 47.9 Å². The number of rotatable bonds is 5. The van der Waals surface area contributed by atoms with Gasteiger partial charge in [0.1, 0.15) is 18.2 Å². The van der Waals surface area contributed by atoms with Crippen molar-refractivity contribution in [3.8, 4) is 5.75 Å². The van der Waals surface area contributed by atoms with E-state index < -0.39 is 11.8 Å². The predicted molar refractivity (Wildman–Crippen MR) is 109 cm³/mol. The van der Waals surface area contributed by atoms with Crippen LogP contribution in [0.2, 0.25) is 5.02 Å². The van der Waals surface area contributed by atoms with Gasteiger partial charge < -0.3 is 9.47 Å². The van der Waals surface area contributed by atoms with Crippen LogP contribution >= 0.6 is 11.6 Å². The van der Waals surface area contributed by atoms with Gasteiger partial charge >= 0.3 is 5.97 Å². The zero-order chi connectivity index (χ0) is 20.2. The minimum atomic E-state index is -0.588. The highest BCUT2D eigenvalue weighted by molar-refractivity contribution is 6.30. The SMILES string of the molecule is O=C1OC(c2cccc(F)c2)=N/C1=C\c1cccc(OCc2cccc(Cl)c2)c1. The first kappa shape index (κ1) is 18.9. The normalized spacial score (nSPS) is 14.6. The number of ether oxygens (including phenoxy) is 2. The van der Waals surface area contributed by atoms with E-state index in [0.717, 1.165) is 11.1 Å². The number of carbonyl (C=O) groups excluding carboxylic acids is 1. The van der Waals surface area contributed by atoms with E-state index in [-0.39, 0.29) is 11.6 Å². The lowest BCUT2D eigenvalue weighted by Crippen LogP contribution is -2.05. The van der Waals surface area contributed by atoms with Crippen LogP contribution in [0, 0.1) is 5.82 Å². The van der Waals surface area contributed by atoms with Gasteiger partial charge in [-0.25, -0.2) is 14.2 Å². The number of hydrogen-bond acceptors (Lipinski definition) is 4. The van der Waals surface area contributed by atoms with E-state index >= 15 is 0 Å². The monoisotopic (exact) mass is 407 g/mol. The number of aliphatic imine (C=N–C) groups is 1. The van der Waals surface area contributed by atoms with Crippen LogP contribution < -0.4 is 4.74 Å². The zero-order valence-electron chi connectivity index (χ0n) is 15.1. The fraction of sp³-hybridized carbons (Fsp3) is 0.0435. The molecule has 4 rings (SSSR count). The van der Waals surface area contributed by atoms with Crippen molar-refractivity contribution in [2.45, 2.75) is 6.61 Å². The van der Waals surface area contributed by atoms with Gasteiger partial charge in [0, 0.05) is 10.6 Å². The van der Waals surface area contributed by atoms with E-state index in [9.17, 15) is 9.18 Å². The molecule has 0 aromatic heterocycles. The van der Waals surface area contributed by atoms with Crippen molar-refractivity contribution in [2.24, 2.45) is 4.99 Å². The van der Waals surface area contributed by atoms with Gasteiger partial charge in [-0.3, -0.25) is 0 Å². The molecule has 0 radical (unpaired) electrons. The maximum Gasteiger partial charge on any atom is 0.363 e.